The van der Waals surface area contributed by atoms with Gasteiger partial charge >= 0.3 is 0 Å². The monoisotopic (exact) mass is 266 g/mol. The van der Waals surface area contributed by atoms with E-state index in [9.17, 15) is 9.90 Å². The minimum absolute atomic E-state index is 0.0574. The molecule has 0 aliphatic heterocycles. The summed E-state index contributed by atoms with van der Waals surface area (Å²) < 4.78 is 10.1. The average molecular weight is 266 g/mol. The zero-order valence-corrected chi connectivity index (χ0v) is 11.0. The Morgan fingerprint density at radius 2 is 1.89 bits per heavy atom. The number of ether oxygens (including phenoxy) is 2. The van der Waals surface area contributed by atoms with Crippen LogP contribution in [0.5, 0.6) is 5.75 Å². The van der Waals surface area contributed by atoms with Crippen LogP contribution in [0.4, 0.5) is 0 Å². The van der Waals surface area contributed by atoms with E-state index in [4.69, 9.17) is 14.6 Å². The largest absolute Gasteiger partial charge is 0.496 e. The number of hydrogen-bond acceptors (Lipinski definition) is 5. The highest BCUT2D eigenvalue weighted by molar-refractivity contribution is 6.01. The highest BCUT2D eigenvalue weighted by Gasteiger charge is 2.24. The van der Waals surface area contributed by atoms with Crippen molar-refractivity contribution in [1.82, 2.24) is 0 Å². The van der Waals surface area contributed by atoms with E-state index in [-0.39, 0.29) is 19.0 Å². The lowest BCUT2D eigenvalue weighted by Gasteiger charge is -2.15. The molecular formula is C14H18O5. The minimum Gasteiger partial charge on any atom is -0.496 e. The zero-order valence-electron chi connectivity index (χ0n) is 11.0. The maximum atomic E-state index is 11.8. The van der Waals surface area contributed by atoms with Gasteiger partial charge in [0.25, 0.3) is 0 Å². The quantitative estimate of drug-likeness (QED) is 0.444. The van der Waals surface area contributed by atoms with Crippen LogP contribution in [0.15, 0.2) is 36.8 Å². The van der Waals surface area contributed by atoms with Crippen molar-refractivity contribution in [1.29, 1.82) is 0 Å². The van der Waals surface area contributed by atoms with Gasteiger partial charge in [0, 0.05) is 5.56 Å². The predicted octanol–water partition coefficient (Wildman–Crippen LogP) is 1.50. The molecule has 0 aromatic heterocycles. The summed E-state index contributed by atoms with van der Waals surface area (Å²) in [6, 6.07) is 6.40. The molecule has 0 saturated heterocycles. The number of aliphatic hydroxyl groups excluding tert-OH is 1. The van der Waals surface area contributed by atoms with Crippen LogP contribution >= 0.6 is 0 Å². The third-order valence-corrected chi connectivity index (χ3v) is 2.24. The number of carbonyl (C=O) groups is 1. The molecule has 104 valence electrons. The number of aliphatic hydroxyl groups is 2. The second-order valence-electron chi connectivity index (χ2n) is 4.40. The Morgan fingerprint density at radius 3 is 2.42 bits per heavy atom. The van der Waals surface area contributed by atoms with Gasteiger partial charge in [0.2, 0.25) is 0 Å². The Balaban J connectivity index is 2.57. The third kappa shape index (κ3) is 5.11. The molecule has 0 atom stereocenters. The Hall–Kier alpha value is -1.85. The van der Waals surface area contributed by atoms with Crippen LogP contribution in [0.2, 0.25) is 0 Å². The molecule has 0 bridgehead atoms. The summed E-state index contributed by atoms with van der Waals surface area (Å²) >= 11 is 0. The van der Waals surface area contributed by atoms with E-state index < -0.39 is 5.60 Å². The molecule has 0 aliphatic rings. The Bertz CT molecular complexity index is 428. The lowest BCUT2D eigenvalue weighted by Crippen LogP contribution is -2.30. The first-order chi connectivity index (χ1) is 8.95. The molecular weight excluding hydrogens is 248 g/mol. The van der Waals surface area contributed by atoms with Crippen LogP contribution < -0.4 is 4.74 Å². The van der Waals surface area contributed by atoms with Crippen molar-refractivity contribution in [2.75, 3.05) is 13.2 Å². The fraction of sp³-hybridized carbons (Fsp3) is 0.357. The zero-order chi connectivity index (χ0) is 14.3. The predicted molar refractivity (Wildman–Crippen MR) is 69.9 cm³/mol. The van der Waals surface area contributed by atoms with Gasteiger partial charge in [-0.3, -0.25) is 4.79 Å². The molecule has 0 saturated carbocycles. The van der Waals surface area contributed by atoms with E-state index in [0.717, 1.165) is 0 Å². The Kier molecular flexibility index (Phi) is 5.54. The van der Waals surface area contributed by atoms with E-state index in [2.05, 4.69) is 0 Å². The molecule has 0 unspecified atom stereocenters. The lowest BCUT2D eigenvalue weighted by molar-refractivity contribution is 0.0488. The molecule has 2 N–H and O–H groups in total. The van der Waals surface area contributed by atoms with Gasteiger partial charge in [-0.25, -0.2) is 0 Å². The van der Waals surface area contributed by atoms with Crippen LogP contribution in [0.3, 0.4) is 0 Å². The van der Waals surface area contributed by atoms with Gasteiger partial charge in [0.1, 0.15) is 30.5 Å². The minimum atomic E-state index is -1.39. The fourth-order valence-electron chi connectivity index (χ4n) is 1.30. The van der Waals surface area contributed by atoms with Gasteiger partial charge in [-0.1, -0.05) is 0 Å². The van der Waals surface area contributed by atoms with Crippen LogP contribution in [-0.2, 0) is 4.74 Å². The van der Waals surface area contributed by atoms with E-state index >= 15 is 0 Å². The van der Waals surface area contributed by atoms with Gasteiger partial charge in [-0.05, 0) is 38.1 Å². The second kappa shape index (κ2) is 6.92. The normalized spacial score (nSPS) is 11.6. The second-order valence-corrected chi connectivity index (χ2v) is 4.40. The first-order valence-corrected chi connectivity index (χ1v) is 5.86. The smallest absolute Gasteiger partial charge is 0.193 e. The Labute approximate surface area is 112 Å². The summed E-state index contributed by atoms with van der Waals surface area (Å²) in [7, 11) is 0. The molecule has 0 radical (unpaired) electrons. The molecule has 5 nitrogen and oxygen atoms in total. The van der Waals surface area contributed by atoms with Crippen LogP contribution in [0.1, 0.15) is 24.2 Å². The Morgan fingerprint density at radius 1 is 1.26 bits per heavy atom. The van der Waals surface area contributed by atoms with E-state index in [1.54, 1.807) is 24.3 Å². The standard InChI is InChI=1S/C14H18O5/c1-14(2,17)13(16)11-3-5-12(6-4-11)19-10-9-18-8-7-15/h3-6,9-10,15,17H,7-8H2,1-2H3/b10-9-. The fourth-order valence-corrected chi connectivity index (χ4v) is 1.30. The van der Waals surface area contributed by atoms with Crippen molar-refractivity contribution in [3.63, 3.8) is 0 Å². The maximum Gasteiger partial charge on any atom is 0.193 e. The number of hydrogen-bond donors (Lipinski definition) is 2. The van der Waals surface area contributed by atoms with Crippen molar-refractivity contribution in [3.8, 4) is 5.75 Å². The van der Waals surface area contributed by atoms with Crippen molar-refractivity contribution in [2.24, 2.45) is 0 Å². The van der Waals surface area contributed by atoms with Crippen molar-refractivity contribution < 1.29 is 24.5 Å². The molecule has 1 aromatic rings. The molecule has 5 heteroatoms. The van der Waals surface area contributed by atoms with Gasteiger partial charge in [0.05, 0.1) is 6.61 Å². The SMILES string of the molecule is CC(C)(O)C(=O)c1ccc(O/C=C\OCCO)cc1. The number of ketones is 1. The molecule has 0 aliphatic carbocycles. The molecule has 1 aromatic carbocycles. The lowest BCUT2D eigenvalue weighted by atomic mass is 9.97. The van der Waals surface area contributed by atoms with Crippen LogP contribution in [0, 0.1) is 0 Å². The summed E-state index contributed by atoms with van der Waals surface area (Å²) in [6.45, 7) is 3.04. The molecule has 19 heavy (non-hydrogen) atoms. The number of carbonyl (C=O) groups excluding carboxylic acids is 1. The maximum absolute atomic E-state index is 11.8. The summed E-state index contributed by atoms with van der Waals surface area (Å²) in [5, 5.41) is 18.1. The number of rotatable bonds is 7. The van der Waals surface area contributed by atoms with E-state index in [1.807, 2.05) is 0 Å². The third-order valence-electron chi connectivity index (χ3n) is 2.24. The molecule has 0 spiro atoms. The van der Waals surface area contributed by atoms with E-state index in [1.165, 1.54) is 26.4 Å². The van der Waals surface area contributed by atoms with Crippen molar-refractivity contribution >= 4 is 5.78 Å². The molecule has 1 rings (SSSR count). The van der Waals surface area contributed by atoms with Crippen molar-refractivity contribution in [2.45, 2.75) is 19.4 Å². The summed E-state index contributed by atoms with van der Waals surface area (Å²) in [5.74, 6) is 0.192. The summed E-state index contributed by atoms with van der Waals surface area (Å²) in [5.41, 5.74) is -0.971. The van der Waals surface area contributed by atoms with Crippen LogP contribution in [0.25, 0.3) is 0 Å². The summed E-state index contributed by atoms with van der Waals surface area (Å²) in [6.07, 6.45) is 2.66. The molecule has 0 fully saturated rings. The first kappa shape index (κ1) is 15.2. The number of benzene rings is 1. The first-order valence-electron chi connectivity index (χ1n) is 5.86. The van der Waals surface area contributed by atoms with Crippen molar-refractivity contribution in [3.05, 3.63) is 42.4 Å². The van der Waals surface area contributed by atoms with E-state index in [0.29, 0.717) is 11.3 Å². The highest BCUT2D eigenvalue weighted by Crippen LogP contribution is 2.17. The number of Topliss-reactive ketones (excluding diaryl/α,β-unsaturated/α-hetero) is 1. The average Bonchev–Trinajstić information content (AvgIpc) is 2.37. The van der Waals surface area contributed by atoms with Gasteiger partial charge in [0.15, 0.2) is 5.78 Å². The molecule has 0 heterocycles. The van der Waals surface area contributed by atoms with Gasteiger partial charge in [-0.15, -0.1) is 0 Å². The van der Waals surface area contributed by atoms with Crippen LogP contribution in [-0.4, -0.2) is 34.8 Å². The van der Waals surface area contributed by atoms with Gasteiger partial charge < -0.3 is 19.7 Å². The highest BCUT2D eigenvalue weighted by atomic mass is 16.5. The molecule has 0 amide bonds. The summed E-state index contributed by atoms with van der Waals surface area (Å²) in [4.78, 5) is 11.8. The van der Waals surface area contributed by atoms with Gasteiger partial charge in [-0.2, -0.15) is 0 Å². The topological polar surface area (TPSA) is 76.0 Å².